The molecule has 0 amide bonds. The fourth-order valence-corrected chi connectivity index (χ4v) is 2.11. The third-order valence-electron chi connectivity index (χ3n) is 3.20. The highest BCUT2D eigenvalue weighted by Crippen LogP contribution is 2.16. The van der Waals surface area contributed by atoms with Crippen LogP contribution in [0.3, 0.4) is 0 Å². The number of aromatic carboxylic acids is 1. The lowest BCUT2D eigenvalue weighted by Crippen LogP contribution is -2.03. The molecule has 2 nitrogen and oxygen atoms in total. The molecule has 0 atom stereocenters. The summed E-state index contributed by atoms with van der Waals surface area (Å²) >= 11 is 0. The Morgan fingerprint density at radius 1 is 1.00 bits per heavy atom. The maximum absolute atomic E-state index is 11.0. The van der Waals surface area contributed by atoms with Gasteiger partial charge in [-0.25, -0.2) is 4.79 Å². The number of carbonyl (C=O) groups is 1. The Bertz CT molecular complexity index is 544. The van der Waals surface area contributed by atoms with Gasteiger partial charge in [-0.3, -0.25) is 0 Å². The zero-order valence-corrected chi connectivity index (χ0v) is 10.4. The lowest BCUT2D eigenvalue weighted by Gasteiger charge is -2.08. The van der Waals surface area contributed by atoms with E-state index in [9.17, 15) is 4.79 Å². The molecule has 1 N–H and O–H groups in total. The molecule has 18 heavy (non-hydrogen) atoms. The summed E-state index contributed by atoms with van der Waals surface area (Å²) in [5.41, 5.74) is 3.66. The second kappa shape index (κ2) is 5.50. The molecule has 0 aliphatic heterocycles. The van der Waals surface area contributed by atoms with Crippen LogP contribution in [0.1, 0.15) is 27.0 Å². The molecule has 0 aliphatic rings. The standard InChI is InChI=1S/C16H16O2/c1-12-14(8-5-9-15(12)16(17)18)11-10-13-6-3-2-4-7-13/h2-9H,10-11H2,1H3,(H,17,18). The van der Waals surface area contributed by atoms with Gasteiger partial charge >= 0.3 is 5.97 Å². The molecular formula is C16H16O2. The lowest BCUT2D eigenvalue weighted by atomic mass is 9.97. The first kappa shape index (κ1) is 12.4. The SMILES string of the molecule is Cc1c(CCc2ccccc2)cccc1C(=O)O. The van der Waals surface area contributed by atoms with Gasteiger partial charge in [0.25, 0.3) is 0 Å². The van der Waals surface area contributed by atoms with Crippen LogP contribution in [0.15, 0.2) is 48.5 Å². The van der Waals surface area contributed by atoms with Gasteiger partial charge in [0.2, 0.25) is 0 Å². The first-order valence-corrected chi connectivity index (χ1v) is 6.04. The Labute approximate surface area is 107 Å². The first-order valence-electron chi connectivity index (χ1n) is 6.04. The van der Waals surface area contributed by atoms with Crippen LogP contribution in [-0.2, 0) is 12.8 Å². The predicted octanol–water partition coefficient (Wildman–Crippen LogP) is 3.48. The average Bonchev–Trinajstić information content (AvgIpc) is 2.38. The van der Waals surface area contributed by atoms with Crippen molar-refractivity contribution in [2.24, 2.45) is 0 Å². The molecule has 0 unspecified atom stereocenters. The summed E-state index contributed by atoms with van der Waals surface area (Å²) in [7, 11) is 0. The smallest absolute Gasteiger partial charge is 0.335 e. The van der Waals surface area contributed by atoms with Gasteiger partial charge in [-0.15, -0.1) is 0 Å². The molecule has 0 saturated heterocycles. The minimum Gasteiger partial charge on any atom is -0.478 e. The van der Waals surface area contributed by atoms with Crippen LogP contribution in [0, 0.1) is 6.92 Å². The molecule has 0 aromatic heterocycles. The van der Waals surface area contributed by atoms with E-state index in [0.717, 1.165) is 24.0 Å². The highest BCUT2D eigenvalue weighted by molar-refractivity contribution is 5.89. The van der Waals surface area contributed by atoms with Crippen molar-refractivity contribution in [2.45, 2.75) is 19.8 Å². The Hall–Kier alpha value is -2.09. The summed E-state index contributed by atoms with van der Waals surface area (Å²) < 4.78 is 0. The van der Waals surface area contributed by atoms with Crippen molar-refractivity contribution >= 4 is 5.97 Å². The zero-order valence-electron chi connectivity index (χ0n) is 10.4. The van der Waals surface area contributed by atoms with Gasteiger partial charge in [0.15, 0.2) is 0 Å². The molecule has 0 aliphatic carbocycles. The number of hydrogen-bond acceptors (Lipinski definition) is 1. The predicted molar refractivity (Wildman–Crippen MR) is 72.0 cm³/mol. The number of rotatable bonds is 4. The minimum absolute atomic E-state index is 0.403. The molecule has 92 valence electrons. The molecule has 2 aromatic carbocycles. The molecule has 0 fully saturated rings. The second-order valence-electron chi connectivity index (χ2n) is 4.38. The van der Waals surface area contributed by atoms with Gasteiger partial charge < -0.3 is 5.11 Å². The summed E-state index contributed by atoms with van der Waals surface area (Å²) in [4.78, 5) is 11.0. The van der Waals surface area contributed by atoms with Crippen LogP contribution < -0.4 is 0 Å². The van der Waals surface area contributed by atoms with Crippen LogP contribution in [0.25, 0.3) is 0 Å². The van der Waals surface area contributed by atoms with Crippen LogP contribution in [-0.4, -0.2) is 11.1 Å². The summed E-state index contributed by atoms with van der Waals surface area (Å²) in [6, 6.07) is 15.7. The van der Waals surface area contributed by atoms with E-state index in [1.807, 2.05) is 37.3 Å². The van der Waals surface area contributed by atoms with E-state index in [1.54, 1.807) is 6.07 Å². The van der Waals surface area contributed by atoms with E-state index in [0.29, 0.717) is 5.56 Å². The van der Waals surface area contributed by atoms with E-state index in [1.165, 1.54) is 5.56 Å². The fourth-order valence-electron chi connectivity index (χ4n) is 2.11. The fraction of sp³-hybridized carbons (Fsp3) is 0.188. The number of hydrogen-bond donors (Lipinski definition) is 1. The third kappa shape index (κ3) is 2.77. The maximum atomic E-state index is 11.0. The average molecular weight is 240 g/mol. The van der Waals surface area contributed by atoms with E-state index in [4.69, 9.17) is 5.11 Å². The van der Waals surface area contributed by atoms with Gasteiger partial charge in [-0.2, -0.15) is 0 Å². The Morgan fingerprint density at radius 3 is 2.39 bits per heavy atom. The van der Waals surface area contributed by atoms with Crippen molar-refractivity contribution < 1.29 is 9.90 Å². The quantitative estimate of drug-likeness (QED) is 0.888. The van der Waals surface area contributed by atoms with E-state index in [2.05, 4.69) is 12.1 Å². The molecule has 2 rings (SSSR count). The van der Waals surface area contributed by atoms with Crippen molar-refractivity contribution in [1.29, 1.82) is 0 Å². The Kier molecular flexibility index (Phi) is 3.78. The van der Waals surface area contributed by atoms with Crippen molar-refractivity contribution in [3.63, 3.8) is 0 Å². The van der Waals surface area contributed by atoms with Gasteiger partial charge in [-0.05, 0) is 42.5 Å². The van der Waals surface area contributed by atoms with Gasteiger partial charge in [0.05, 0.1) is 5.56 Å². The van der Waals surface area contributed by atoms with Crippen LogP contribution >= 0.6 is 0 Å². The molecule has 0 saturated carbocycles. The Balaban J connectivity index is 2.15. The van der Waals surface area contributed by atoms with Crippen molar-refractivity contribution in [3.8, 4) is 0 Å². The molecule has 2 aromatic rings. The number of carboxylic acid groups (broad SMARTS) is 1. The highest BCUT2D eigenvalue weighted by atomic mass is 16.4. The monoisotopic (exact) mass is 240 g/mol. The minimum atomic E-state index is -0.853. The summed E-state index contributed by atoms with van der Waals surface area (Å²) in [6.07, 6.45) is 1.81. The second-order valence-corrected chi connectivity index (χ2v) is 4.38. The maximum Gasteiger partial charge on any atom is 0.335 e. The first-order chi connectivity index (χ1) is 8.68. The van der Waals surface area contributed by atoms with E-state index >= 15 is 0 Å². The van der Waals surface area contributed by atoms with Crippen LogP contribution in [0.2, 0.25) is 0 Å². The Morgan fingerprint density at radius 2 is 1.72 bits per heavy atom. The molecule has 2 heteroatoms. The molecular weight excluding hydrogens is 224 g/mol. The molecule has 0 bridgehead atoms. The van der Waals surface area contributed by atoms with Crippen LogP contribution in [0.5, 0.6) is 0 Å². The van der Waals surface area contributed by atoms with Crippen LogP contribution in [0.4, 0.5) is 0 Å². The van der Waals surface area contributed by atoms with Gasteiger partial charge in [0.1, 0.15) is 0 Å². The largest absolute Gasteiger partial charge is 0.478 e. The van der Waals surface area contributed by atoms with Gasteiger partial charge in [0, 0.05) is 0 Å². The summed E-state index contributed by atoms with van der Waals surface area (Å²) in [6.45, 7) is 1.88. The summed E-state index contributed by atoms with van der Waals surface area (Å²) in [5, 5.41) is 9.08. The highest BCUT2D eigenvalue weighted by Gasteiger charge is 2.09. The third-order valence-corrected chi connectivity index (χ3v) is 3.20. The zero-order chi connectivity index (χ0) is 13.0. The van der Waals surface area contributed by atoms with E-state index < -0.39 is 5.97 Å². The summed E-state index contributed by atoms with van der Waals surface area (Å²) in [5.74, 6) is -0.853. The van der Waals surface area contributed by atoms with E-state index in [-0.39, 0.29) is 0 Å². The van der Waals surface area contributed by atoms with Crippen molar-refractivity contribution in [3.05, 3.63) is 70.8 Å². The number of benzene rings is 2. The lowest BCUT2D eigenvalue weighted by molar-refractivity contribution is 0.0696. The van der Waals surface area contributed by atoms with Gasteiger partial charge in [-0.1, -0.05) is 42.5 Å². The van der Waals surface area contributed by atoms with Crippen molar-refractivity contribution in [1.82, 2.24) is 0 Å². The molecule has 0 heterocycles. The number of aryl methyl sites for hydroxylation is 2. The normalized spacial score (nSPS) is 10.3. The molecule has 0 spiro atoms. The van der Waals surface area contributed by atoms with Crippen molar-refractivity contribution in [2.75, 3.05) is 0 Å². The number of carboxylic acids is 1. The molecule has 0 radical (unpaired) electrons. The topological polar surface area (TPSA) is 37.3 Å².